The topological polar surface area (TPSA) is 106 Å². The van der Waals surface area contributed by atoms with E-state index in [0.717, 1.165) is 0 Å². The molecule has 2 amide bonds. The lowest BCUT2D eigenvalue weighted by Gasteiger charge is -2.16. The molecule has 3 N–H and O–H groups in total. The van der Waals surface area contributed by atoms with E-state index in [4.69, 9.17) is 28.6 Å². The Hall–Kier alpha value is -3.95. The number of amides is 2. The summed E-state index contributed by atoms with van der Waals surface area (Å²) in [6, 6.07) is 19.6. The number of rotatable bonds is 7. The van der Waals surface area contributed by atoms with E-state index in [-0.39, 0.29) is 11.0 Å². The molecular weight excluding hydrogens is 490 g/mol. The minimum Gasteiger partial charge on any atom is -0.479 e. The van der Waals surface area contributed by atoms with Crippen LogP contribution in [-0.2, 0) is 9.53 Å². The summed E-state index contributed by atoms with van der Waals surface area (Å²) in [6.45, 7) is 1.62. The fourth-order valence-electron chi connectivity index (χ4n) is 2.88. The van der Waals surface area contributed by atoms with Crippen molar-refractivity contribution in [1.82, 2.24) is 5.32 Å². The predicted molar refractivity (Wildman–Crippen MR) is 138 cm³/mol. The summed E-state index contributed by atoms with van der Waals surface area (Å²) < 4.78 is 10.2. The van der Waals surface area contributed by atoms with Gasteiger partial charge >= 0.3 is 5.97 Å². The minimum absolute atomic E-state index is 0.0885. The molecule has 1 unspecified atom stereocenters. The molecule has 1 atom stereocenters. The zero-order valence-electron chi connectivity index (χ0n) is 18.8. The molecule has 35 heavy (non-hydrogen) atoms. The van der Waals surface area contributed by atoms with Gasteiger partial charge in [0.15, 0.2) is 11.2 Å². The number of anilines is 2. The molecule has 0 spiro atoms. The van der Waals surface area contributed by atoms with Gasteiger partial charge < -0.3 is 20.1 Å². The average Bonchev–Trinajstić information content (AvgIpc) is 2.86. The molecule has 0 bridgehead atoms. The summed E-state index contributed by atoms with van der Waals surface area (Å²) in [5.41, 5.74) is 1.82. The monoisotopic (exact) mass is 511 g/mol. The Labute approximate surface area is 212 Å². The molecule has 0 aliphatic heterocycles. The maximum Gasteiger partial charge on any atom is 0.337 e. The smallest absolute Gasteiger partial charge is 0.337 e. The van der Waals surface area contributed by atoms with Gasteiger partial charge in [-0.2, -0.15) is 0 Å². The highest BCUT2D eigenvalue weighted by atomic mass is 35.5. The van der Waals surface area contributed by atoms with Crippen molar-refractivity contribution in [2.45, 2.75) is 13.0 Å². The van der Waals surface area contributed by atoms with Crippen LogP contribution in [0.15, 0.2) is 72.8 Å². The first-order valence-electron chi connectivity index (χ1n) is 10.4. The van der Waals surface area contributed by atoms with Crippen LogP contribution in [0.25, 0.3) is 0 Å². The van der Waals surface area contributed by atoms with Crippen LogP contribution in [0.1, 0.15) is 27.6 Å². The number of halogens is 1. The highest BCUT2D eigenvalue weighted by Crippen LogP contribution is 2.24. The average molecular weight is 512 g/mol. The van der Waals surface area contributed by atoms with Crippen molar-refractivity contribution in [3.63, 3.8) is 0 Å². The van der Waals surface area contributed by atoms with Gasteiger partial charge in [0.05, 0.1) is 17.7 Å². The van der Waals surface area contributed by atoms with Crippen molar-refractivity contribution >= 4 is 58.1 Å². The molecule has 3 aromatic rings. The zero-order chi connectivity index (χ0) is 25.4. The lowest BCUT2D eigenvalue weighted by molar-refractivity contribution is -0.122. The van der Waals surface area contributed by atoms with Gasteiger partial charge in [0, 0.05) is 16.9 Å². The third kappa shape index (κ3) is 7.26. The highest BCUT2D eigenvalue weighted by Gasteiger charge is 2.16. The van der Waals surface area contributed by atoms with Crippen LogP contribution < -0.4 is 20.7 Å². The largest absolute Gasteiger partial charge is 0.479 e. The number of nitrogens with one attached hydrogen (secondary N) is 3. The highest BCUT2D eigenvalue weighted by molar-refractivity contribution is 7.80. The van der Waals surface area contributed by atoms with Gasteiger partial charge in [-0.25, -0.2) is 4.79 Å². The Morgan fingerprint density at radius 3 is 2.03 bits per heavy atom. The molecule has 3 aromatic carbocycles. The van der Waals surface area contributed by atoms with Crippen molar-refractivity contribution in [1.29, 1.82) is 0 Å². The van der Waals surface area contributed by atoms with Crippen LogP contribution >= 0.6 is 23.8 Å². The van der Waals surface area contributed by atoms with Gasteiger partial charge in [-0.15, -0.1) is 0 Å². The van der Waals surface area contributed by atoms with Gasteiger partial charge in [-0.05, 0) is 79.8 Å². The van der Waals surface area contributed by atoms with Crippen molar-refractivity contribution < 1.29 is 23.9 Å². The predicted octanol–water partition coefficient (Wildman–Crippen LogP) is 4.66. The zero-order valence-corrected chi connectivity index (χ0v) is 20.4. The first-order chi connectivity index (χ1) is 16.8. The van der Waals surface area contributed by atoms with Gasteiger partial charge in [-0.1, -0.05) is 23.7 Å². The third-order valence-corrected chi connectivity index (χ3v) is 5.23. The summed E-state index contributed by atoms with van der Waals surface area (Å²) in [7, 11) is 1.28. The van der Waals surface area contributed by atoms with Crippen LogP contribution in [0.5, 0.6) is 5.75 Å². The molecule has 0 saturated heterocycles. The molecule has 180 valence electrons. The van der Waals surface area contributed by atoms with Gasteiger partial charge in [-0.3, -0.25) is 14.9 Å². The standard InChI is InChI=1S/C25H22ClN3O5S/c1-15(34-21-6-4-3-5-20(21)26)22(30)27-18-11-13-19(14-12-18)28-25(35)29-23(31)16-7-9-17(10-8-16)24(32)33-2/h3-15H,1-2H3,(H,27,30)(H2,28,29,31,35). The number of esters is 1. The minimum atomic E-state index is -0.767. The molecular formula is C25H22ClN3O5S. The number of carbonyl (C=O) groups is 3. The second-order valence-electron chi connectivity index (χ2n) is 7.23. The van der Waals surface area contributed by atoms with Crippen LogP contribution in [0.2, 0.25) is 5.02 Å². The second kappa shape index (κ2) is 12.0. The van der Waals surface area contributed by atoms with E-state index in [1.54, 1.807) is 55.5 Å². The van der Waals surface area contributed by atoms with Crippen LogP contribution in [0, 0.1) is 0 Å². The first kappa shape index (κ1) is 25.7. The molecule has 8 nitrogen and oxygen atoms in total. The molecule has 0 heterocycles. The fourth-order valence-corrected chi connectivity index (χ4v) is 3.27. The van der Waals surface area contributed by atoms with Gasteiger partial charge in [0.1, 0.15) is 5.75 Å². The quantitative estimate of drug-likeness (QED) is 0.313. The number of hydrogen-bond donors (Lipinski definition) is 3. The summed E-state index contributed by atoms with van der Waals surface area (Å²) in [5, 5.41) is 8.73. The van der Waals surface area contributed by atoms with E-state index in [2.05, 4.69) is 20.7 Å². The lowest BCUT2D eigenvalue weighted by atomic mass is 10.1. The Kier molecular flexibility index (Phi) is 8.77. The maximum absolute atomic E-state index is 12.4. The Morgan fingerprint density at radius 2 is 1.43 bits per heavy atom. The summed E-state index contributed by atoms with van der Waals surface area (Å²) in [5.74, 6) is -0.843. The molecule has 0 saturated carbocycles. The van der Waals surface area contributed by atoms with E-state index < -0.39 is 18.0 Å². The van der Waals surface area contributed by atoms with Crippen LogP contribution in [0.3, 0.4) is 0 Å². The summed E-state index contributed by atoms with van der Waals surface area (Å²) in [4.78, 5) is 36.3. The molecule has 0 fully saturated rings. The van der Waals surface area contributed by atoms with Crippen molar-refractivity contribution in [3.8, 4) is 5.75 Å². The number of hydrogen-bond acceptors (Lipinski definition) is 6. The lowest BCUT2D eigenvalue weighted by Crippen LogP contribution is -2.34. The van der Waals surface area contributed by atoms with Crippen molar-refractivity contribution in [2.24, 2.45) is 0 Å². The van der Waals surface area contributed by atoms with E-state index in [1.807, 2.05) is 0 Å². The molecule has 3 rings (SSSR count). The summed E-state index contributed by atoms with van der Waals surface area (Å²) >= 11 is 11.3. The van der Waals surface area contributed by atoms with E-state index in [9.17, 15) is 14.4 Å². The number of para-hydroxylation sites is 1. The maximum atomic E-state index is 12.4. The molecule has 0 aromatic heterocycles. The van der Waals surface area contributed by atoms with E-state index in [0.29, 0.717) is 33.3 Å². The number of carbonyl (C=O) groups excluding carboxylic acids is 3. The Morgan fingerprint density at radius 1 is 0.857 bits per heavy atom. The fraction of sp³-hybridized carbons (Fsp3) is 0.120. The van der Waals surface area contributed by atoms with Crippen LogP contribution in [0.4, 0.5) is 11.4 Å². The van der Waals surface area contributed by atoms with E-state index in [1.165, 1.54) is 31.4 Å². The number of thiocarbonyl (C=S) groups is 1. The number of ether oxygens (including phenoxy) is 2. The molecule has 0 aliphatic carbocycles. The molecule has 0 radical (unpaired) electrons. The third-order valence-electron chi connectivity index (χ3n) is 4.72. The molecule has 0 aliphatic rings. The van der Waals surface area contributed by atoms with Crippen molar-refractivity contribution in [3.05, 3.63) is 88.9 Å². The SMILES string of the molecule is COC(=O)c1ccc(C(=O)NC(=S)Nc2ccc(NC(=O)C(C)Oc3ccccc3Cl)cc2)cc1. The Balaban J connectivity index is 1.50. The van der Waals surface area contributed by atoms with Crippen LogP contribution in [-0.4, -0.2) is 36.1 Å². The number of methoxy groups -OCH3 is 1. The molecule has 10 heteroatoms. The number of benzene rings is 3. The second-order valence-corrected chi connectivity index (χ2v) is 8.05. The normalized spacial score (nSPS) is 11.1. The first-order valence-corrected chi connectivity index (χ1v) is 11.2. The van der Waals surface area contributed by atoms with Crippen molar-refractivity contribution in [2.75, 3.05) is 17.7 Å². The summed E-state index contributed by atoms with van der Waals surface area (Å²) in [6.07, 6.45) is -0.767. The van der Waals surface area contributed by atoms with Gasteiger partial charge in [0.25, 0.3) is 11.8 Å². The Bertz CT molecular complexity index is 1230. The van der Waals surface area contributed by atoms with E-state index >= 15 is 0 Å². The van der Waals surface area contributed by atoms with Gasteiger partial charge in [0.2, 0.25) is 0 Å².